The van der Waals surface area contributed by atoms with Crippen molar-refractivity contribution in [3.05, 3.63) is 23.8 Å². The molecule has 7 nitrogen and oxygen atoms in total. The fourth-order valence-electron chi connectivity index (χ4n) is 7.97. The van der Waals surface area contributed by atoms with Crippen LogP contribution in [0.5, 0.6) is 0 Å². The van der Waals surface area contributed by atoms with Gasteiger partial charge in [-0.15, -0.1) is 0 Å². The van der Waals surface area contributed by atoms with Gasteiger partial charge in [-0.05, 0) is 69.4 Å². The third kappa shape index (κ3) is 2.47. The largest absolute Gasteiger partial charge is 0.508 e. The average Bonchev–Trinajstić information content (AvgIpc) is 3.42. The zero-order chi connectivity index (χ0) is 23.1. The van der Waals surface area contributed by atoms with Crippen LogP contribution in [-0.4, -0.2) is 53.3 Å². The number of ether oxygens (including phenoxy) is 3. The predicted molar refractivity (Wildman–Crippen MR) is 114 cm³/mol. The van der Waals surface area contributed by atoms with Crippen LogP contribution >= 0.6 is 0 Å². The molecule has 3 saturated carbocycles. The van der Waals surface area contributed by atoms with Crippen molar-refractivity contribution in [1.29, 1.82) is 0 Å². The van der Waals surface area contributed by atoms with Crippen molar-refractivity contribution in [2.24, 2.45) is 28.6 Å². The van der Waals surface area contributed by atoms with Crippen LogP contribution in [0, 0.1) is 28.6 Å². The molecule has 8 atom stereocenters. The van der Waals surface area contributed by atoms with Gasteiger partial charge in [-0.2, -0.15) is 0 Å². The lowest BCUT2D eigenvalue weighted by Gasteiger charge is -2.55. The van der Waals surface area contributed by atoms with Gasteiger partial charge in [-0.25, -0.2) is 4.79 Å². The lowest BCUT2D eigenvalue weighted by molar-refractivity contribution is -0.166. The topological polar surface area (TPSA) is 102 Å². The second kappa shape index (κ2) is 6.76. The van der Waals surface area contributed by atoms with E-state index in [1.165, 1.54) is 0 Å². The first-order chi connectivity index (χ1) is 15.0. The highest BCUT2D eigenvalue weighted by atomic mass is 16.7. The Morgan fingerprint density at radius 2 is 2.00 bits per heavy atom. The van der Waals surface area contributed by atoms with Gasteiger partial charge < -0.3 is 19.3 Å². The van der Waals surface area contributed by atoms with Crippen molar-refractivity contribution in [2.45, 2.75) is 70.7 Å². The van der Waals surface area contributed by atoms with E-state index in [0.29, 0.717) is 12.8 Å². The van der Waals surface area contributed by atoms with Crippen molar-refractivity contribution in [3.8, 4) is 0 Å². The summed E-state index contributed by atoms with van der Waals surface area (Å²) in [6, 6.07) is 0. The first-order valence-electron chi connectivity index (χ1n) is 11.7. The van der Waals surface area contributed by atoms with Crippen molar-refractivity contribution in [1.82, 2.24) is 0 Å². The van der Waals surface area contributed by atoms with E-state index in [1.807, 2.05) is 19.9 Å². The molecule has 0 unspecified atom stereocenters. The maximum atomic E-state index is 13.3. The average molecular weight is 445 g/mol. The molecule has 0 aromatic heterocycles. The molecule has 4 fully saturated rings. The summed E-state index contributed by atoms with van der Waals surface area (Å²) in [7, 11) is 0. The number of allylic oxidation sites excluding steroid dienone is 2. The second-order valence-electron chi connectivity index (χ2n) is 10.7. The van der Waals surface area contributed by atoms with Crippen LogP contribution in [0.2, 0.25) is 0 Å². The third-order valence-electron chi connectivity index (χ3n) is 9.52. The summed E-state index contributed by atoms with van der Waals surface area (Å²) >= 11 is 0. The lowest BCUT2D eigenvalue weighted by Crippen LogP contribution is -2.62. The number of rotatable bonds is 4. The van der Waals surface area contributed by atoms with Crippen molar-refractivity contribution in [3.63, 3.8) is 0 Å². The number of Topliss-reactive ketones (excluding diaryl/α,β-unsaturated/α-hetero) is 1. The number of hydrogen-bond donors (Lipinski definition) is 1. The van der Waals surface area contributed by atoms with Crippen LogP contribution in [0.25, 0.3) is 0 Å². The molecule has 4 aliphatic carbocycles. The van der Waals surface area contributed by atoms with Crippen molar-refractivity contribution < 1.29 is 33.7 Å². The highest BCUT2D eigenvalue weighted by Gasteiger charge is 2.82. The molecule has 1 N–H and O–H groups in total. The van der Waals surface area contributed by atoms with Crippen LogP contribution in [0.3, 0.4) is 0 Å². The zero-order valence-corrected chi connectivity index (χ0v) is 19.2. The molecule has 0 aromatic carbocycles. The quantitative estimate of drug-likeness (QED) is 0.525. The highest BCUT2D eigenvalue weighted by Crippen LogP contribution is 2.76. The molecule has 1 saturated heterocycles. The monoisotopic (exact) mass is 444 g/mol. The Kier molecular flexibility index (Phi) is 4.61. The van der Waals surface area contributed by atoms with Crippen LogP contribution < -0.4 is 0 Å². The highest BCUT2D eigenvalue weighted by molar-refractivity contribution is 6.01. The number of fused-ring (bicyclic) bond motifs is 3. The lowest BCUT2D eigenvalue weighted by atomic mass is 9.46. The number of carbonyl (C=O) groups excluding carboxylic acids is 3. The number of hydrogen-bond acceptors (Lipinski definition) is 7. The van der Waals surface area contributed by atoms with E-state index in [-0.39, 0.29) is 47.3 Å². The fourth-order valence-corrected chi connectivity index (χ4v) is 7.97. The SMILES string of the molecule is CCOC(=O)OCC(=O)[C@@]1(O)[C@@H](C)C[C@H]2[C@@H]3CCC4=CC(=O)C=C[C@]4(C)[C@@]34O[C@H]4C[C@@]21C. The van der Waals surface area contributed by atoms with Gasteiger partial charge in [0.15, 0.2) is 12.4 Å². The minimum absolute atomic E-state index is 0.0289. The van der Waals surface area contributed by atoms with Crippen LogP contribution in [0.4, 0.5) is 4.79 Å². The van der Waals surface area contributed by atoms with E-state index >= 15 is 0 Å². The van der Waals surface area contributed by atoms with Gasteiger partial charge in [0, 0.05) is 10.8 Å². The molecule has 0 bridgehead atoms. The smallest absolute Gasteiger partial charge is 0.435 e. The first kappa shape index (κ1) is 21.8. The zero-order valence-electron chi connectivity index (χ0n) is 19.2. The van der Waals surface area contributed by atoms with Crippen molar-refractivity contribution >= 4 is 17.7 Å². The molecule has 5 aliphatic rings. The molecule has 1 aliphatic heterocycles. The Morgan fingerprint density at radius 1 is 1.25 bits per heavy atom. The molecule has 32 heavy (non-hydrogen) atoms. The Balaban J connectivity index is 1.45. The predicted octanol–water partition coefficient (Wildman–Crippen LogP) is 3.14. The van der Waals surface area contributed by atoms with E-state index in [0.717, 1.165) is 18.4 Å². The Labute approximate surface area is 188 Å². The summed E-state index contributed by atoms with van der Waals surface area (Å²) in [5.74, 6) is -0.430. The molecule has 1 heterocycles. The van der Waals surface area contributed by atoms with Gasteiger partial charge >= 0.3 is 6.16 Å². The molecule has 0 aromatic rings. The third-order valence-corrected chi connectivity index (χ3v) is 9.52. The molecule has 174 valence electrons. The van der Waals surface area contributed by atoms with E-state index in [9.17, 15) is 19.5 Å². The minimum atomic E-state index is -1.60. The Bertz CT molecular complexity index is 952. The standard InChI is InChI=1S/C25H32O7/c1-5-30-21(28)31-13-19(27)24(29)14(2)10-18-17-7-6-15-11-16(26)8-9-22(15,3)25(17)20(32-25)12-23(18,24)4/h8-9,11,14,17-18,20,29H,5-7,10,12-13H2,1-4H3/t14-,17-,18-,20-,22-,23-,24-,25+/m0/s1. The first-order valence-corrected chi connectivity index (χ1v) is 11.7. The molecule has 7 heteroatoms. The van der Waals surface area contributed by atoms with E-state index in [2.05, 4.69) is 6.92 Å². The number of carbonyl (C=O) groups is 3. The van der Waals surface area contributed by atoms with E-state index in [1.54, 1.807) is 19.1 Å². The van der Waals surface area contributed by atoms with Crippen LogP contribution in [0.15, 0.2) is 23.8 Å². The van der Waals surface area contributed by atoms with Crippen LogP contribution in [-0.2, 0) is 23.8 Å². The minimum Gasteiger partial charge on any atom is -0.435 e. The molecule has 0 radical (unpaired) electrons. The van der Waals surface area contributed by atoms with Gasteiger partial charge in [0.05, 0.1) is 12.7 Å². The Hall–Kier alpha value is -1.99. The maximum Gasteiger partial charge on any atom is 0.508 e. The number of epoxide rings is 1. The van der Waals surface area contributed by atoms with E-state index < -0.39 is 29.6 Å². The number of aliphatic hydroxyl groups is 1. The molecule has 0 amide bonds. The summed E-state index contributed by atoms with van der Waals surface area (Å²) in [5, 5.41) is 11.9. The summed E-state index contributed by atoms with van der Waals surface area (Å²) in [6.45, 7) is 7.40. The maximum absolute atomic E-state index is 13.3. The van der Waals surface area contributed by atoms with Gasteiger partial charge in [0.1, 0.15) is 11.2 Å². The van der Waals surface area contributed by atoms with Crippen molar-refractivity contribution in [2.75, 3.05) is 13.2 Å². The van der Waals surface area contributed by atoms with Gasteiger partial charge in [-0.3, -0.25) is 9.59 Å². The number of ketones is 2. The molecular formula is C25H32O7. The molecule has 1 spiro atoms. The van der Waals surface area contributed by atoms with Gasteiger partial charge in [0.25, 0.3) is 0 Å². The molecule has 5 rings (SSSR count). The normalized spacial score (nSPS) is 48.0. The summed E-state index contributed by atoms with van der Waals surface area (Å²) in [4.78, 5) is 36.9. The summed E-state index contributed by atoms with van der Waals surface area (Å²) < 4.78 is 16.2. The molecular weight excluding hydrogens is 412 g/mol. The van der Waals surface area contributed by atoms with Crippen LogP contribution in [0.1, 0.15) is 53.4 Å². The summed E-state index contributed by atoms with van der Waals surface area (Å²) in [6.07, 6.45) is 7.40. The van der Waals surface area contributed by atoms with Gasteiger partial charge in [-0.1, -0.05) is 25.5 Å². The van der Waals surface area contributed by atoms with Gasteiger partial charge in [0.2, 0.25) is 5.78 Å². The summed E-state index contributed by atoms with van der Waals surface area (Å²) in [5.41, 5.74) is -1.86. The Morgan fingerprint density at radius 3 is 2.72 bits per heavy atom. The van der Waals surface area contributed by atoms with E-state index in [4.69, 9.17) is 14.2 Å². The second-order valence-corrected chi connectivity index (χ2v) is 10.7. The fraction of sp³-hybridized carbons (Fsp3) is 0.720.